The summed E-state index contributed by atoms with van der Waals surface area (Å²) in [6, 6.07) is -0.766. The summed E-state index contributed by atoms with van der Waals surface area (Å²) in [6.07, 6.45) is 25.3. The molecule has 0 aliphatic heterocycles. The zero-order valence-corrected chi connectivity index (χ0v) is 28.9. The van der Waals surface area contributed by atoms with E-state index in [0.717, 1.165) is 44.9 Å². The van der Waals surface area contributed by atoms with Crippen LogP contribution in [0.1, 0.15) is 142 Å². The number of phosphoric ester groups is 1. The highest BCUT2D eigenvalue weighted by Crippen LogP contribution is 2.43. The number of nitrogens with zero attached hydrogens (tertiary/aromatic N) is 1. The maximum absolute atomic E-state index is 12.7. The Labute approximate surface area is 259 Å². The van der Waals surface area contributed by atoms with E-state index in [-0.39, 0.29) is 19.1 Å². The van der Waals surface area contributed by atoms with Crippen molar-refractivity contribution in [1.29, 1.82) is 0 Å². The van der Waals surface area contributed by atoms with Crippen LogP contribution >= 0.6 is 7.82 Å². The lowest BCUT2D eigenvalue weighted by molar-refractivity contribution is -0.870. The number of aliphatic hydroxyl groups is 1. The number of likely N-dealkylation sites (N-methyl/N-ethyl adjacent to an activating group) is 1. The summed E-state index contributed by atoms with van der Waals surface area (Å²) >= 11 is 0. The van der Waals surface area contributed by atoms with Gasteiger partial charge in [0.05, 0.1) is 39.9 Å². The zero-order chi connectivity index (χ0) is 31.5. The Morgan fingerprint density at radius 3 is 1.83 bits per heavy atom. The van der Waals surface area contributed by atoms with Crippen molar-refractivity contribution in [3.63, 3.8) is 0 Å². The number of aliphatic hydroxyl groups excluding tert-OH is 1. The quantitative estimate of drug-likeness (QED) is 0.0325. The number of allylic oxidation sites excluding steroid dienone is 2. The molecule has 9 heteroatoms. The van der Waals surface area contributed by atoms with Gasteiger partial charge in [-0.25, -0.2) is 4.57 Å². The first kappa shape index (κ1) is 41.2. The first-order valence-corrected chi connectivity index (χ1v) is 18.5. The zero-order valence-electron chi connectivity index (χ0n) is 28.0. The minimum Gasteiger partial charge on any atom is -0.391 e. The molecule has 0 spiro atoms. The fourth-order valence-electron chi connectivity index (χ4n) is 4.68. The van der Waals surface area contributed by atoms with Crippen LogP contribution in [0.2, 0.25) is 0 Å². The first-order valence-electron chi connectivity index (χ1n) is 17.1. The van der Waals surface area contributed by atoms with E-state index >= 15 is 0 Å². The van der Waals surface area contributed by atoms with E-state index in [1.165, 1.54) is 70.6 Å². The number of rotatable bonds is 30. The highest BCUT2D eigenvalue weighted by atomic mass is 31.2. The van der Waals surface area contributed by atoms with E-state index in [0.29, 0.717) is 23.9 Å². The topological polar surface area (TPSA) is 105 Å². The number of unbranched alkanes of at least 4 members (excludes halogenated alkanes) is 15. The van der Waals surface area contributed by atoms with Gasteiger partial charge in [-0.15, -0.1) is 0 Å². The Morgan fingerprint density at radius 1 is 0.786 bits per heavy atom. The lowest BCUT2D eigenvalue weighted by Crippen LogP contribution is -2.46. The van der Waals surface area contributed by atoms with E-state index in [2.05, 4.69) is 31.3 Å². The van der Waals surface area contributed by atoms with E-state index in [1.54, 1.807) is 0 Å². The van der Waals surface area contributed by atoms with Crippen molar-refractivity contribution >= 4 is 13.7 Å². The van der Waals surface area contributed by atoms with Crippen molar-refractivity contribution in [2.24, 2.45) is 0 Å². The summed E-state index contributed by atoms with van der Waals surface area (Å²) in [5.74, 6) is -0.160. The summed E-state index contributed by atoms with van der Waals surface area (Å²) in [7, 11) is 1.60. The fourth-order valence-corrected chi connectivity index (χ4v) is 5.42. The molecule has 1 unspecified atom stereocenters. The van der Waals surface area contributed by atoms with Crippen LogP contribution in [0.15, 0.2) is 12.2 Å². The van der Waals surface area contributed by atoms with Gasteiger partial charge >= 0.3 is 7.82 Å². The van der Waals surface area contributed by atoms with Gasteiger partial charge in [-0.1, -0.05) is 109 Å². The second kappa shape index (κ2) is 26.6. The van der Waals surface area contributed by atoms with Crippen molar-refractivity contribution in [3.05, 3.63) is 12.2 Å². The van der Waals surface area contributed by atoms with Gasteiger partial charge in [0.15, 0.2) is 0 Å². The number of phosphoric acid groups is 1. The van der Waals surface area contributed by atoms with Gasteiger partial charge in [0.1, 0.15) is 13.2 Å². The Balaban J connectivity index is 4.56. The summed E-state index contributed by atoms with van der Waals surface area (Å²) < 4.78 is 23.4. The van der Waals surface area contributed by atoms with Gasteiger partial charge < -0.3 is 19.8 Å². The van der Waals surface area contributed by atoms with Gasteiger partial charge in [-0.3, -0.25) is 13.8 Å². The third-order valence-electron chi connectivity index (χ3n) is 7.51. The molecule has 0 fully saturated rings. The highest BCUT2D eigenvalue weighted by molar-refractivity contribution is 7.47. The second-order valence-corrected chi connectivity index (χ2v) is 14.3. The van der Waals surface area contributed by atoms with E-state index in [9.17, 15) is 19.4 Å². The Morgan fingerprint density at radius 2 is 1.29 bits per heavy atom. The summed E-state index contributed by atoms with van der Waals surface area (Å²) in [6.45, 7) is 4.78. The molecule has 1 amide bonds. The van der Waals surface area contributed by atoms with Crippen molar-refractivity contribution in [1.82, 2.24) is 5.32 Å². The predicted molar refractivity (Wildman–Crippen MR) is 175 cm³/mol. The first-order chi connectivity index (χ1) is 20.0. The van der Waals surface area contributed by atoms with Gasteiger partial charge in [-0.05, 0) is 38.5 Å². The number of carbonyl (C=O) groups is 1. The third kappa shape index (κ3) is 28.0. The molecule has 0 aromatic rings. The monoisotopic (exact) mass is 619 g/mol. The molecule has 0 heterocycles. The van der Waals surface area contributed by atoms with Crippen LogP contribution in [0.5, 0.6) is 0 Å². The standard InChI is InChI=1S/C33H67N2O6P/c1-6-8-10-12-14-16-17-19-21-23-25-27-33(37)34-31(30-41-42(38,39)40-29-28-35(3,4)5)32(36)26-24-22-20-18-15-13-11-9-7-2/h15,18,31-32,36H,6-14,16-17,19-30H2,1-5H3,(H-,34,37,38,39)/p+1/b18-15+/t31-,32+/m0/s1. The van der Waals surface area contributed by atoms with Crippen LogP contribution < -0.4 is 5.32 Å². The van der Waals surface area contributed by atoms with Crippen molar-refractivity contribution in [2.45, 2.75) is 154 Å². The molecule has 0 saturated heterocycles. The fraction of sp³-hybridized carbons (Fsp3) is 0.909. The van der Waals surface area contributed by atoms with Crippen molar-refractivity contribution in [3.8, 4) is 0 Å². The van der Waals surface area contributed by atoms with E-state index in [4.69, 9.17) is 9.05 Å². The Bertz CT molecular complexity index is 713. The van der Waals surface area contributed by atoms with Gasteiger partial charge in [0.2, 0.25) is 5.91 Å². The third-order valence-corrected chi connectivity index (χ3v) is 8.50. The molecule has 0 rings (SSSR count). The van der Waals surface area contributed by atoms with Crippen LogP contribution in [0, 0.1) is 0 Å². The Kier molecular flexibility index (Phi) is 26.1. The number of nitrogens with one attached hydrogen (secondary N) is 1. The normalized spacial score (nSPS) is 15.1. The summed E-state index contributed by atoms with van der Waals surface area (Å²) in [5.41, 5.74) is 0. The number of hydrogen-bond acceptors (Lipinski definition) is 5. The molecule has 250 valence electrons. The van der Waals surface area contributed by atoms with Crippen molar-refractivity contribution < 1.29 is 32.9 Å². The smallest absolute Gasteiger partial charge is 0.391 e. The molecule has 0 bridgehead atoms. The van der Waals surface area contributed by atoms with Crippen LogP contribution in [0.3, 0.4) is 0 Å². The molecule has 0 aliphatic rings. The molecule has 3 N–H and O–H groups in total. The lowest BCUT2D eigenvalue weighted by Gasteiger charge is -2.26. The average molecular weight is 620 g/mol. The molecular formula is C33H68N2O6P+. The molecule has 0 radical (unpaired) electrons. The van der Waals surface area contributed by atoms with Gasteiger partial charge in [0, 0.05) is 6.42 Å². The van der Waals surface area contributed by atoms with Crippen LogP contribution in [0.25, 0.3) is 0 Å². The van der Waals surface area contributed by atoms with Crippen LogP contribution in [-0.2, 0) is 18.4 Å². The van der Waals surface area contributed by atoms with Crippen LogP contribution in [0.4, 0.5) is 0 Å². The molecule has 0 aromatic carbocycles. The minimum atomic E-state index is -4.30. The average Bonchev–Trinajstić information content (AvgIpc) is 2.92. The largest absolute Gasteiger partial charge is 0.472 e. The second-order valence-electron chi connectivity index (χ2n) is 12.9. The van der Waals surface area contributed by atoms with Crippen LogP contribution in [-0.4, -0.2) is 73.4 Å². The summed E-state index contributed by atoms with van der Waals surface area (Å²) in [4.78, 5) is 22.8. The summed E-state index contributed by atoms with van der Waals surface area (Å²) in [5, 5.41) is 13.7. The van der Waals surface area contributed by atoms with E-state index in [1.807, 2.05) is 21.1 Å². The van der Waals surface area contributed by atoms with Gasteiger partial charge in [-0.2, -0.15) is 0 Å². The molecule has 3 atom stereocenters. The maximum Gasteiger partial charge on any atom is 0.472 e. The molecule has 0 saturated carbocycles. The SMILES string of the molecule is CCCCC/C=C/CCCC[C@@H](O)[C@H](COP(=O)(O)OCC[N+](C)(C)C)NC(=O)CCCCCCCCCCCCC. The Hall–Kier alpha value is -0.760. The molecule has 8 nitrogen and oxygen atoms in total. The van der Waals surface area contributed by atoms with Gasteiger partial charge in [0.25, 0.3) is 0 Å². The number of hydrogen-bond donors (Lipinski definition) is 3. The van der Waals surface area contributed by atoms with E-state index < -0.39 is 20.0 Å². The number of amides is 1. The van der Waals surface area contributed by atoms with Crippen molar-refractivity contribution in [2.75, 3.05) is 40.9 Å². The molecule has 42 heavy (non-hydrogen) atoms. The molecule has 0 aromatic heterocycles. The lowest BCUT2D eigenvalue weighted by atomic mass is 10.0. The molecular weight excluding hydrogens is 551 g/mol. The molecule has 0 aliphatic carbocycles. The highest BCUT2D eigenvalue weighted by Gasteiger charge is 2.28. The maximum atomic E-state index is 12.7. The number of quaternary nitrogens is 1. The predicted octanol–water partition coefficient (Wildman–Crippen LogP) is 8.07. The number of carbonyl (C=O) groups excluding carboxylic acids is 1. The minimum absolute atomic E-state index is 0.0711.